The third-order valence-corrected chi connectivity index (χ3v) is 5.08. The predicted octanol–water partition coefficient (Wildman–Crippen LogP) is 1.67. The van der Waals surface area contributed by atoms with Crippen LogP contribution in [0.3, 0.4) is 0 Å². The van der Waals surface area contributed by atoms with Crippen LogP contribution >= 0.6 is 0 Å². The zero-order valence-corrected chi connectivity index (χ0v) is 13.5. The number of benzene rings is 1. The summed E-state index contributed by atoms with van der Waals surface area (Å²) in [7, 11) is 0. The monoisotopic (exact) mass is 331 g/mol. The van der Waals surface area contributed by atoms with Gasteiger partial charge < -0.3 is 14.2 Å². The molecule has 0 aliphatic carbocycles. The van der Waals surface area contributed by atoms with E-state index in [0.717, 1.165) is 32.4 Å². The zero-order chi connectivity index (χ0) is 16.5. The molecule has 1 aromatic rings. The van der Waals surface area contributed by atoms with Crippen molar-refractivity contribution < 1.29 is 23.8 Å². The summed E-state index contributed by atoms with van der Waals surface area (Å²) in [6.07, 6.45) is 2.31. The van der Waals surface area contributed by atoms with Gasteiger partial charge in [-0.2, -0.15) is 0 Å². The highest BCUT2D eigenvalue weighted by Gasteiger charge is 2.36. The Labute approximate surface area is 140 Å². The highest BCUT2D eigenvalue weighted by Crippen LogP contribution is 2.33. The number of nitrogens with zero attached hydrogens (tertiary/aromatic N) is 1. The number of likely N-dealkylation sites (tertiary alicyclic amines) is 1. The fraction of sp³-hybridized carbons (Fsp3) is 0.556. The molecule has 4 rings (SSSR count). The first kappa shape index (κ1) is 15.4. The van der Waals surface area contributed by atoms with Crippen LogP contribution in [0, 0.1) is 5.92 Å². The van der Waals surface area contributed by atoms with Crippen molar-refractivity contribution in [1.82, 2.24) is 4.90 Å². The van der Waals surface area contributed by atoms with Crippen LogP contribution in [-0.4, -0.2) is 55.6 Å². The maximum Gasteiger partial charge on any atom is 0.323 e. The molecule has 0 amide bonds. The van der Waals surface area contributed by atoms with Gasteiger partial charge in [0.1, 0.15) is 19.3 Å². The summed E-state index contributed by atoms with van der Waals surface area (Å²) >= 11 is 0. The Morgan fingerprint density at radius 2 is 1.71 bits per heavy atom. The van der Waals surface area contributed by atoms with Crippen molar-refractivity contribution in [3.05, 3.63) is 23.8 Å². The van der Waals surface area contributed by atoms with Gasteiger partial charge in [-0.05, 0) is 44.1 Å². The number of rotatable bonds is 3. The van der Waals surface area contributed by atoms with Crippen molar-refractivity contribution in [2.24, 2.45) is 5.92 Å². The zero-order valence-electron chi connectivity index (χ0n) is 13.5. The molecule has 0 bridgehead atoms. The summed E-state index contributed by atoms with van der Waals surface area (Å²) < 4.78 is 16.1. The number of carbonyl (C=O) groups excluding carboxylic acids is 2. The van der Waals surface area contributed by atoms with Crippen LogP contribution in [-0.2, 0) is 9.53 Å². The summed E-state index contributed by atoms with van der Waals surface area (Å²) in [6, 6.07) is 5.30. The highest BCUT2D eigenvalue weighted by atomic mass is 16.6. The van der Waals surface area contributed by atoms with Gasteiger partial charge in [0.05, 0.1) is 6.61 Å². The van der Waals surface area contributed by atoms with Crippen molar-refractivity contribution in [3.63, 3.8) is 0 Å². The molecule has 6 nitrogen and oxygen atoms in total. The fourth-order valence-corrected chi connectivity index (χ4v) is 3.72. The van der Waals surface area contributed by atoms with E-state index < -0.39 is 0 Å². The van der Waals surface area contributed by atoms with Crippen LogP contribution in [0.1, 0.15) is 29.6 Å². The van der Waals surface area contributed by atoms with Gasteiger partial charge in [0.15, 0.2) is 17.3 Å². The maximum absolute atomic E-state index is 12.8. The van der Waals surface area contributed by atoms with Gasteiger partial charge in [-0.25, -0.2) is 0 Å². The summed E-state index contributed by atoms with van der Waals surface area (Å²) in [6.45, 7) is 3.10. The Morgan fingerprint density at radius 1 is 0.958 bits per heavy atom. The minimum Gasteiger partial charge on any atom is -0.486 e. The number of ketones is 1. The van der Waals surface area contributed by atoms with Crippen molar-refractivity contribution in [2.75, 3.05) is 32.9 Å². The van der Waals surface area contributed by atoms with E-state index in [1.165, 1.54) is 0 Å². The third-order valence-electron chi connectivity index (χ3n) is 5.08. The lowest BCUT2D eigenvalue weighted by atomic mass is 9.88. The Kier molecular flexibility index (Phi) is 4.14. The molecule has 3 heterocycles. The first-order valence-electron chi connectivity index (χ1n) is 8.57. The van der Waals surface area contributed by atoms with E-state index in [0.29, 0.717) is 36.9 Å². The number of ether oxygens (including phenoxy) is 3. The minimum absolute atomic E-state index is 0.00114. The van der Waals surface area contributed by atoms with Gasteiger partial charge in [0, 0.05) is 17.9 Å². The Bertz CT molecular complexity index is 651. The molecule has 0 radical (unpaired) electrons. The second-order valence-corrected chi connectivity index (χ2v) is 6.50. The molecule has 2 saturated heterocycles. The van der Waals surface area contributed by atoms with Gasteiger partial charge in [0.25, 0.3) is 0 Å². The molecule has 6 heteroatoms. The minimum atomic E-state index is -0.119. The van der Waals surface area contributed by atoms with Gasteiger partial charge >= 0.3 is 5.97 Å². The second kappa shape index (κ2) is 6.43. The van der Waals surface area contributed by atoms with Gasteiger partial charge in [0.2, 0.25) is 0 Å². The molecule has 1 aromatic carbocycles. The first-order valence-corrected chi connectivity index (χ1v) is 8.57. The number of fused-ring (bicyclic) bond motifs is 1. The van der Waals surface area contributed by atoms with Crippen molar-refractivity contribution in [1.29, 1.82) is 0 Å². The Hall–Kier alpha value is -2.08. The van der Waals surface area contributed by atoms with E-state index in [1.807, 2.05) is 12.1 Å². The summed E-state index contributed by atoms with van der Waals surface area (Å²) in [5, 5.41) is 0. The number of cyclic esters (lactones) is 1. The van der Waals surface area contributed by atoms with E-state index in [4.69, 9.17) is 14.2 Å². The van der Waals surface area contributed by atoms with Crippen LogP contribution < -0.4 is 9.47 Å². The number of hydrogen-bond acceptors (Lipinski definition) is 6. The average Bonchev–Trinajstić information content (AvgIpc) is 3.07. The van der Waals surface area contributed by atoms with Gasteiger partial charge in [-0.1, -0.05) is 0 Å². The second-order valence-electron chi connectivity index (χ2n) is 6.50. The molecule has 3 aliphatic heterocycles. The number of carbonyl (C=O) groups is 2. The molecular formula is C18H21NO5. The quantitative estimate of drug-likeness (QED) is 0.620. The van der Waals surface area contributed by atoms with Crippen molar-refractivity contribution in [2.45, 2.75) is 25.3 Å². The maximum atomic E-state index is 12.8. The molecule has 0 N–H and O–H groups in total. The van der Waals surface area contributed by atoms with Gasteiger partial charge in [-0.15, -0.1) is 0 Å². The lowest BCUT2D eigenvalue weighted by Crippen LogP contribution is -2.44. The predicted molar refractivity (Wildman–Crippen MR) is 85.4 cm³/mol. The van der Waals surface area contributed by atoms with Crippen LogP contribution in [0.5, 0.6) is 11.5 Å². The summed E-state index contributed by atoms with van der Waals surface area (Å²) in [5.41, 5.74) is 0.679. The van der Waals surface area contributed by atoms with Crippen LogP contribution in [0.15, 0.2) is 18.2 Å². The largest absolute Gasteiger partial charge is 0.486 e. The molecule has 1 atom stereocenters. The SMILES string of the molecule is O=C(c1ccc2c(c1)OCCO2)C1CCN(C2CCOC2=O)CC1. The van der Waals surface area contributed by atoms with Gasteiger partial charge in [-0.3, -0.25) is 14.5 Å². The van der Waals surface area contributed by atoms with E-state index in [2.05, 4.69) is 4.90 Å². The topological polar surface area (TPSA) is 65.1 Å². The molecule has 0 spiro atoms. The number of piperidine rings is 1. The molecular weight excluding hydrogens is 310 g/mol. The Balaban J connectivity index is 1.40. The van der Waals surface area contributed by atoms with E-state index in [9.17, 15) is 9.59 Å². The van der Waals surface area contributed by atoms with E-state index in [-0.39, 0.29) is 23.7 Å². The smallest absolute Gasteiger partial charge is 0.323 e. The molecule has 1 unspecified atom stereocenters. The van der Waals surface area contributed by atoms with E-state index >= 15 is 0 Å². The molecule has 128 valence electrons. The van der Waals surface area contributed by atoms with E-state index in [1.54, 1.807) is 6.07 Å². The molecule has 3 aliphatic rings. The first-order chi connectivity index (χ1) is 11.7. The molecule has 2 fully saturated rings. The third kappa shape index (κ3) is 2.86. The van der Waals surface area contributed by atoms with Crippen molar-refractivity contribution in [3.8, 4) is 11.5 Å². The van der Waals surface area contributed by atoms with Crippen molar-refractivity contribution >= 4 is 11.8 Å². The normalized spacial score (nSPS) is 24.7. The van der Waals surface area contributed by atoms with Crippen LogP contribution in [0.25, 0.3) is 0 Å². The fourth-order valence-electron chi connectivity index (χ4n) is 3.72. The summed E-state index contributed by atoms with van der Waals surface area (Å²) in [4.78, 5) is 26.6. The van der Waals surface area contributed by atoms with Crippen LogP contribution in [0.2, 0.25) is 0 Å². The molecule has 24 heavy (non-hydrogen) atoms. The highest BCUT2D eigenvalue weighted by molar-refractivity contribution is 5.98. The average molecular weight is 331 g/mol. The summed E-state index contributed by atoms with van der Waals surface area (Å²) in [5.74, 6) is 1.39. The van der Waals surface area contributed by atoms with Crippen LogP contribution in [0.4, 0.5) is 0 Å². The number of Topliss-reactive ketones (excluding diaryl/α,β-unsaturated/α-hetero) is 1. The lowest BCUT2D eigenvalue weighted by molar-refractivity contribution is -0.142. The number of esters is 1. The number of hydrogen-bond donors (Lipinski definition) is 0. The lowest BCUT2D eigenvalue weighted by Gasteiger charge is -2.33. The molecule has 0 aromatic heterocycles. The standard InChI is InChI=1S/C18H21NO5/c20-17(13-1-2-15-16(11-13)23-10-9-22-15)12-3-6-19(7-4-12)14-5-8-24-18(14)21/h1-2,11-12,14H,3-10H2. The molecule has 0 saturated carbocycles. The Morgan fingerprint density at radius 3 is 2.42 bits per heavy atom.